The van der Waals surface area contributed by atoms with Gasteiger partial charge in [-0.05, 0) is 44.0 Å². The molecule has 0 aliphatic carbocycles. The Morgan fingerprint density at radius 3 is 2.84 bits per heavy atom. The number of ether oxygens (including phenoxy) is 1. The summed E-state index contributed by atoms with van der Waals surface area (Å²) >= 11 is 0. The molecule has 1 aliphatic rings. The molecule has 5 nitrogen and oxygen atoms in total. The molecule has 0 unspecified atom stereocenters. The second-order valence-corrected chi connectivity index (χ2v) is 6.15. The molecular weight excluding hydrogens is 321 g/mol. The van der Waals surface area contributed by atoms with E-state index in [1.165, 1.54) is 12.3 Å². The Morgan fingerprint density at radius 2 is 2.12 bits per heavy atom. The second kappa shape index (κ2) is 7.61. The Morgan fingerprint density at radius 1 is 1.32 bits per heavy atom. The van der Waals surface area contributed by atoms with E-state index >= 15 is 0 Å². The first-order chi connectivity index (χ1) is 12.1. The third-order valence-corrected chi connectivity index (χ3v) is 4.46. The number of aromatic nitrogens is 1. The van der Waals surface area contributed by atoms with E-state index in [1.807, 2.05) is 31.2 Å². The fraction of sp³-hybridized carbons (Fsp3) is 0.368. The SMILES string of the molecule is COc1ccccc1N1CCC[C@@H](N[C@@H](C)c2ccc(F)cn2)C1=O. The van der Waals surface area contributed by atoms with Gasteiger partial charge in [-0.25, -0.2) is 4.39 Å². The van der Waals surface area contributed by atoms with Crippen LogP contribution in [0.15, 0.2) is 42.6 Å². The van der Waals surface area contributed by atoms with Gasteiger partial charge >= 0.3 is 0 Å². The van der Waals surface area contributed by atoms with Crippen LogP contribution in [0.5, 0.6) is 5.75 Å². The van der Waals surface area contributed by atoms with Crippen LogP contribution in [0.2, 0.25) is 0 Å². The van der Waals surface area contributed by atoms with Crippen molar-refractivity contribution >= 4 is 11.6 Å². The zero-order chi connectivity index (χ0) is 17.8. The Hall–Kier alpha value is -2.47. The van der Waals surface area contributed by atoms with Gasteiger partial charge < -0.3 is 9.64 Å². The fourth-order valence-corrected chi connectivity index (χ4v) is 3.15. The highest BCUT2D eigenvalue weighted by Crippen LogP contribution is 2.31. The summed E-state index contributed by atoms with van der Waals surface area (Å²) in [5, 5.41) is 3.32. The number of nitrogens with one attached hydrogen (secondary N) is 1. The molecule has 0 bridgehead atoms. The van der Waals surface area contributed by atoms with Crippen molar-refractivity contribution in [3.8, 4) is 5.75 Å². The highest BCUT2D eigenvalue weighted by atomic mass is 19.1. The number of methoxy groups -OCH3 is 1. The van der Waals surface area contributed by atoms with Crippen LogP contribution in [-0.2, 0) is 4.79 Å². The van der Waals surface area contributed by atoms with E-state index < -0.39 is 0 Å². The van der Waals surface area contributed by atoms with Crippen LogP contribution in [0.25, 0.3) is 0 Å². The number of hydrogen-bond donors (Lipinski definition) is 1. The predicted molar refractivity (Wildman–Crippen MR) is 94.1 cm³/mol. The van der Waals surface area contributed by atoms with E-state index in [0.29, 0.717) is 18.0 Å². The summed E-state index contributed by atoms with van der Waals surface area (Å²) in [4.78, 5) is 18.8. The van der Waals surface area contributed by atoms with Gasteiger partial charge in [0.05, 0.1) is 30.7 Å². The van der Waals surface area contributed by atoms with Crippen LogP contribution in [-0.4, -0.2) is 30.6 Å². The number of benzene rings is 1. The summed E-state index contributed by atoms with van der Waals surface area (Å²) < 4.78 is 18.4. The van der Waals surface area contributed by atoms with Crippen molar-refractivity contribution in [1.29, 1.82) is 0 Å². The summed E-state index contributed by atoms with van der Waals surface area (Å²) in [5.41, 5.74) is 1.50. The van der Waals surface area contributed by atoms with E-state index in [4.69, 9.17) is 4.74 Å². The quantitative estimate of drug-likeness (QED) is 0.906. The predicted octanol–water partition coefficient (Wildman–Crippen LogP) is 3.08. The smallest absolute Gasteiger partial charge is 0.244 e. The molecular formula is C19H22FN3O2. The summed E-state index contributed by atoms with van der Waals surface area (Å²) in [6, 6.07) is 10.1. The van der Waals surface area contributed by atoms with Crippen LogP contribution in [0.4, 0.5) is 10.1 Å². The van der Waals surface area contributed by atoms with Crippen molar-refractivity contribution in [2.75, 3.05) is 18.6 Å². The van der Waals surface area contributed by atoms with Gasteiger partial charge in [0.1, 0.15) is 11.6 Å². The molecule has 2 heterocycles. The lowest BCUT2D eigenvalue weighted by atomic mass is 10.0. The zero-order valence-electron chi connectivity index (χ0n) is 14.4. The number of nitrogens with zero attached hydrogens (tertiary/aromatic N) is 2. The highest BCUT2D eigenvalue weighted by Gasteiger charge is 2.32. The van der Waals surface area contributed by atoms with Crippen LogP contribution in [0.3, 0.4) is 0 Å². The molecule has 1 aromatic heterocycles. The first-order valence-electron chi connectivity index (χ1n) is 8.42. The van der Waals surface area contributed by atoms with Gasteiger partial charge in [0, 0.05) is 12.6 Å². The molecule has 1 amide bonds. The van der Waals surface area contributed by atoms with Crippen LogP contribution < -0.4 is 15.0 Å². The second-order valence-electron chi connectivity index (χ2n) is 6.15. The average molecular weight is 343 g/mol. The highest BCUT2D eigenvalue weighted by molar-refractivity contribution is 5.99. The van der Waals surface area contributed by atoms with Crippen molar-refractivity contribution < 1.29 is 13.9 Å². The van der Waals surface area contributed by atoms with E-state index in [-0.39, 0.29) is 23.8 Å². The molecule has 1 aromatic carbocycles. The van der Waals surface area contributed by atoms with E-state index in [0.717, 1.165) is 18.5 Å². The van der Waals surface area contributed by atoms with Crippen molar-refractivity contribution in [2.24, 2.45) is 0 Å². The Bertz CT molecular complexity index is 736. The Kier molecular flexibility index (Phi) is 5.28. The van der Waals surface area contributed by atoms with Gasteiger partial charge in [0.15, 0.2) is 0 Å². The average Bonchev–Trinajstić information content (AvgIpc) is 2.64. The maximum atomic E-state index is 13.0. The number of halogens is 1. The topological polar surface area (TPSA) is 54.5 Å². The van der Waals surface area contributed by atoms with E-state index in [2.05, 4.69) is 10.3 Å². The number of carbonyl (C=O) groups excluding carboxylic acids is 1. The van der Waals surface area contributed by atoms with Gasteiger partial charge in [-0.2, -0.15) is 0 Å². The largest absolute Gasteiger partial charge is 0.495 e. The minimum atomic E-state index is -0.368. The number of amides is 1. The number of para-hydroxylation sites is 2. The minimum absolute atomic E-state index is 0.0183. The lowest BCUT2D eigenvalue weighted by molar-refractivity contribution is -0.122. The molecule has 0 radical (unpaired) electrons. The van der Waals surface area contributed by atoms with Gasteiger partial charge in [-0.1, -0.05) is 12.1 Å². The molecule has 1 fully saturated rings. The molecule has 132 valence electrons. The molecule has 2 atom stereocenters. The van der Waals surface area contributed by atoms with Crippen molar-refractivity contribution in [1.82, 2.24) is 10.3 Å². The Labute approximate surface area is 146 Å². The molecule has 1 aliphatic heterocycles. The summed E-state index contributed by atoms with van der Waals surface area (Å²) in [7, 11) is 1.60. The first-order valence-corrected chi connectivity index (χ1v) is 8.42. The van der Waals surface area contributed by atoms with Crippen molar-refractivity contribution in [2.45, 2.75) is 31.8 Å². The maximum Gasteiger partial charge on any atom is 0.244 e. The van der Waals surface area contributed by atoms with Gasteiger partial charge in [0.2, 0.25) is 5.91 Å². The van der Waals surface area contributed by atoms with E-state index in [9.17, 15) is 9.18 Å². The number of hydrogen-bond acceptors (Lipinski definition) is 4. The Balaban J connectivity index is 1.74. The van der Waals surface area contributed by atoms with Gasteiger partial charge in [-0.15, -0.1) is 0 Å². The first kappa shape index (κ1) is 17.4. The molecule has 2 aromatic rings. The molecule has 1 N–H and O–H groups in total. The van der Waals surface area contributed by atoms with Gasteiger partial charge in [-0.3, -0.25) is 15.1 Å². The molecule has 3 rings (SSSR count). The standard InChI is InChI=1S/C19H22FN3O2/c1-13(15-10-9-14(20)12-21-15)22-16-6-5-11-23(19(16)24)17-7-3-4-8-18(17)25-2/h3-4,7-10,12-13,16,22H,5-6,11H2,1-2H3/t13-,16+/m0/s1. The maximum absolute atomic E-state index is 13.0. The summed E-state index contributed by atoms with van der Waals surface area (Å²) in [6.07, 6.45) is 2.85. The third kappa shape index (κ3) is 3.79. The molecule has 25 heavy (non-hydrogen) atoms. The molecule has 6 heteroatoms. The van der Waals surface area contributed by atoms with Crippen LogP contribution in [0, 0.1) is 5.82 Å². The van der Waals surface area contributed by atoms with E-state index in [1.54, 1.807) is 18.1 Å². The fourth-order valence-electron chi connectivity index (χ4n) is 3.15. The van der Waals surface area contributed by atoms with Crippen LogP contribution >= 0.6 is 0 Å². The number of anilines is 1. The van der Waals surface area contributed by atoms with Crippen LogP contribution in [0.1, 0.15) is 31.5 Å². The lowest BCUT2D eigenvalue weighted by Crippen LogP contribution is -2.51. The summed E-state index contributed by atoms with van der Waals surface area (Å²) in [6.45, 7) is 2.59. The minimum Gasteiger partial charge on any atom is -0.495 e. The monoisotopic (exact) mass is 343 g/mol. The molecule has 0 saturated carbocycles. The lowest BCUT2D eigenvalue weighted by Gasteiger charge is -2.34. The third-order valence-electron chi connectivity index (χ3n) is 4.46. The molecule has 0 spiro atoms. The number of pyridine rings is 1. The normalized spacial score (nSPS) is 18.9. The summed E-state index contributed by atoms with van der Waals surface area (Å²) in [5.74, 6) is 0.335. The molecule has 1 saturated heterocycles. The number of rotatable bonds is 5. The van der Waals surface area contributed by atoms with Gasteiger partial charge in [0.25, 0.3) is 0 Å². The number of carbonyl (C=O) groups is 1. The number of piperidine rings is 1. The van der Waals surface area contributed by atoms with Crippen molar-refractivity contribution in [3.05, 3.63) is 54.1 Å². The van der Waals surface area contributed by atoms with Crippen molar-refractivity contribution in [3.63, 3.8) is 0 Å². The zero-order valence-corrected chi connectivity index (χ0v) is 14.4.